The molecule has 170 valence electrons. The molecule has 0 aliphatic carbocycles. The summed E-state index contributed by atoms with van der Waals surface area (Å²) in [5.41, 5.74) is 6.81. The summed E-state index contributed by atoms with van der Waals surface area (Å²) in [6.45, 7) is 3.93. The third-order valence-electron chi connectivity index (χ3n) is 5.72. The third kappa shape index (κ3) is 6.78. The van der Waals surface area contributed by atoms with Crippen LogP contribution in [0.25, 0.3) is 0 Å². The second kappa shape index (κ2) is 11.5. The Hall–Kier alpha value is -2.94. The number of amides is 3. The molecule has 31 heavy (non-hydrogen) atoms. The number of benzene rings is 1. The molecule has 9 nitrogen and oxygen atoms in total. The van der Waals surface area contributed by atoms with Gasteiger partial charge in [0.15, 0.2) is 0 Å². The monoisotopic (exact) mass is 432 g/mol. The maximum Gasteiger partial charge on any atom is 0.326 e. The van der Waals surface area contributed by atoms with Gasteiger partial charge < -0.3 is 26.4 Å². The molecule has 1 heterocycles. The summed E-state index contributed by atoms with van der Waals surface area (Å²) in [6.07, 6.45) is 2.07. The summed E-state index contributed by atoms with van der Waals surface area (Å²) in [6, 6.07) is 6.51. The van der Waals surface area contributed by atoms with E-state index in [1.54, 1.807) is 24.3 Å². The Kier molecular flexibility index (Phi) is 8.99. The van der Waals surface area contributed by atoms with Gasteiger partial charge in [-0.05, 0) is 24.3 Å². The Morgan fingerprint density at radius 1 is 1.23 bits per heavy atom. The lowest BCUT2D eigenvalue weighted by molar-refractivity contribution is -0.142. The van der Waals surface area contributed by atoms with E-state index in [1.165, 1.54) is 4.90 Å². The minimum Gasteiger partial charge on any atom is -0.480 e. The van der Waals surface area contributed by atoms with Crippen LogP contribution in [0, 0.1) is 5.92 Å². The van der Waals surface area contributed by atoms with Crippen LogP contribution in [0.3, 0.4) is 0 Å². The second-order valence-electron chi connectivity index (χ2n) is 7.97. The first-order valence-electron chi connectivity index (χ1n) is 10.6. The Bertz CT molecular complexity index is 785. The van der Waals surface area contributed by atoms with Gasteiger partial charge in [0, 0.05) is 13.0 Å². The molecule has 5 N–H and O–H groups in total. The van der Waals surface area contributed by atoms with E-state index in [-0.39, 0.29) is 24.8 Å². The van der Waals surface area contributed by atoms with Crippen molar-refractivity contribution in [3.63, 3.8) is 0 Å². The van der Waals surface area contributed by atoms with Crippen LogP contribution >= 0.6 is 0 Å². The zero-order valence-corrected chi connectivity index (χ0v) is 18.0. The van der Waals surface area contributed by atoms with Crippen LogP contribution in [-0.2, 0) is 25.6 Å². The van der Waals surface area contributed by atoms with Gasteiger partial charge in [-0.2, -0.15) is 0 Å². The number of rotatable bonds is 10. The molecule has 1 aromatic rings. The van der Waals surface area contributed by atoms with Gasteiger partial charge in [-0.3, -0.25) is 14.4 Å². The largest absolute Gasteiger partial charge is 0.480 e. The average Bonchev–Trinajstić information content (AvgIpc) is 3.26. The highest BCUT2D eigenvalue weighted by atomic mass is 16.4. The number of carboxylic acid groups (broad SMARTS) is 1. The molecule has 1 fully saturated rings. The van der Waals surface area contributed by atoms with Gasteiger partial charge in [0.05, 0.1) is 12.6 Å². The van der Waals surface area contributed by atoms with Crippen molar-refractivity contribution in [3.05, 3.63) is 35.9 Å². The zero-order valence-electron chi connectivity index (χ0n) is 18.0. The molecule has 0 radical (unpaired) electrons. The van der Waals surface area contributed by atoms with Crippen molar-refractivity contribution in [3.8, 4) is 0 Å². The SMILES string of the molecule is CCC(C)C(N)C(=O)N1CCCC1C(=O)NCC(=O)NC(Cc1ccccc1)C(=O)O. The lowest BCUT2D eigenvalue weighted by Gasteiger charge is -2.28. The minimum atomic E-state index is -1.16. The van der Waals surface area contributed by atoms with E-state index in [0.717, 1.165) is 12.0 Å². The van der Waals surface area contributed by atoms with Crippen molar-refractivity contribution in [2.24, 2.45) is 11.7 Å². The van der Waals surface area contributed by atoms with Gasteiger partial charge in [0.2, 0.25) is 17.7 Å². The fourth-order valence-corrected chi connectivity index (χ4v) is 3.57. The average molecular weight is 433 g/mol. The zero-order chi connectivity index (χ0) is 23.0. The quantitative estimate of drug-likeness (QED) is 0.418. The van der Waals surface area contributed by atoms with E-state index in [0.29, 0.717) is 19.4 Å². The van der Waals surface area contributed by atoms with Crippen molar-refractivity contribution in [1.29, 1.82) is 0 Å². The van der Waals surface area contributed by atoms with Gasteiger partial charge in [-0.15, -0.1) is 0 Å². The summed E-state index contributed by atoms with van der Waals surface area (Å²) in [7, 11) is 0. The van der Waals surface area contributed by atoms with Crippen LogP contribution in [0.4, 0.5) is 0 Å². The molecule has 2 rings (SSSR count). The summed E-state index contributed by atoms with van der Waals surface area (Å²) in [5, 5.41) is 14.3. The van der Waals surface area contributed by atoms with E-state index in [1.807, 2.05) is 19.9 Å². The van der Waals surface area contributed by atoms with Crippen LogP contribution in [0.15, 0.2) is 30.3 Å². The standard InChI is InChI=1S/C22H32N4O5/c1-3-14(2)19(23)21(29)26-11-7-10-17(26)20(28)24-13-18(27)25-16(22(30)31)12-15-8-5-4-6-9-15/h4-6,8-9,14,16-17,19H,3,7,10-13,23H2,1-2H3,(H,24,28)(H,25,27)(H,30,31). The van der Waals surface area contributed by atoms with Crippen molar-refractivity contribution in [1.82, 2.24) is 15.5 Å². The molecule has 1 saturated heterocycles. The molecule has 4 atom stereocenters. The van der Waals surface area contributed by atoms with E-state index in [4.69, 9.17) is 5.73 Å². The fraction of sp³-hybridized carbons (Fsp3) is 0.545. The minimum absolute atomic E-state index is 0.000144. The molecule has 9 heteroatoms. The van der Waals surface area contributed by atoms with Gasteiger partial charge in [0.1, 0.15) is 12.1 Å². The number of carbonyl (C=O) groups is 4. The maximum absolute atomic E-state index is 12.7. The van der Waals surface area contributed by atoms with Crippen molar-refractivity contribution < 1.29 is 24.3 Å². The number of hydrogen-bond donors (Lipinski definition) is 4. The van der Waals surface area contributed by atoms with Crippen LogP contribution < -0.4 is 16.4 Å². The van der Waals surface area contributed by atoms with Gasteiger partial charge in [-0.25, -0.2) is 4.79 Å². The Labute approximate surface area is 182 Å². The topological polar surface area (TPSA) is 142 Å². The van der Waals surface area contributed by atoms with E-state index in [9.17, 15) is 24.3 Å². The highest BCUT2D eigenvalue weighted by Crippen LogP contribution is 2.20. The molecule has 0 spiro atoms. The molecule has 1 aliphatic heterocycles. The molecule has 0 aromatic heterocycles. The first-order valence-corrected chi connectivity index (χ1v) is 10.6. The van der Waals surface area contributed by atoms with Gasteiger partial charge in [0.25, 0.3) is 0 Å². The summed E-state index contributed by atoms with van der Waals surface area (Å²) >= 11 is 0. The Morgan fingerprint density at radius 3 is 2.52 bits per heavy atom. The predicted molar refractivity (Wildman–Crippen MR) is 115 cm³/mol. The van der Waals surface area contributed by atoms with Gasteiger partial charge >= 0.3 is 5.97 Å². The van der Waals surface area contributed by atoms with Crippen molar-refractivity contribution in [2.75, 3.05) is 13.1 Å². The van der Waals surface area contributed by atoms with E-state index >= 15 is 0 Å². The highest BCUT2D eigenvalue weighted by Gasteiger charge is 2.37. The maximum atomic E-state index is 12.7. The molecular formula is C22H32N4O5. The number of nitrogens with zero attached hydrogens (tertiary/aromatic N) is 1. The molecule has 3 amide bonds. The van der Waals surface area contributed by atoms with Crippen LogP contribution in [0.5, 0.6) is 0 Å². The summed E-state index contributed by atoms with van der Waals surface area (Å²) in [4.78, 5) is 50.5. The van der Waals surface area contributed by atoms with Crippen LogP contribution in [0.2, 0.25) is 0 Å². The number of carboxylic acids is 1. The molecule has 1 aliphatic rings. The lowest BCUT2D eigenvalue weighted by Crippen LogP contribution is -2.54. The first-order chi connectivity index (χ1) is 14.7. The fourth-order valence-electron chi connectivity index (χ4n) is 3.57. The third-order valence-corrected chi connectivity index (χ3v) is 5.72. The number of aliphatic carboxylic acids is 1. The number of nitrogens with two attached hydrogens (primary N) is 1. The lowest BCUT2D eigenvalue weighted by atomic mass is 9.98. The van der Waals surface area contributed by atoms with Crippen LogP contribution in [0.1, 0.15) is 38.7 Å². The number of likely N-dealkylation sites (tertiary alicyclic amines) is 1. The first kappa shape index (κ1) is 24.3. The summed E-state index contributed by atoms with van der Waals surface area (Å²) in [5.74, 6) is -2.46. The molecule has 4 unspecified atom stereocenters. The van der Waals surface area contributed by atoms with Crippen molar-refractivity contribution >= 4 is 23.7 Å². The Balaban J connectivity index is 1.89. The normalized spacial score (nSPS) is 18.7. The predicted octanol–water partition coefficient (Wildman–Crippen LogP) is 0.279. The number of nitrogens with one attached hydrogen (secondary N) is 2. The molecule has 1 aromatic carbocycles. The van der Waals surface area contributed by atoms with Crippen LogP contribution in [-0.4, -0.2) is 64.9 Å². The second-order valence-corrected chi connectivity index (χ2v) is 7.97. The number of carbonyl (C=O) groups excluding carboxylic acids is 3. The van der Waals surface area contributed by atoms with Crippen molar-refractivity contribution in [2.45, 2.75) is 57.7 Å². The highest BCUT2D eigenvalue weighted by molar-refractivity contribution is 5.93. The van der Waals surface area contributed by atoms with E-state index < -0.39 is 35.9 Å². The number of hydrogen-bond acceptors (Lipinski definition) is 5. The van der Waals surface area contributed by atoms with E-state index in [2.05, 4.69) is 10.6 Å². The molecular weight excluding hydrogens is 400 g/mol. The smallest absolute Gasteiger partial charge is 0.326 e. The molecule has 0 saturated carbocycles. The Morgan fingerprint density at radius 2 is 1.90 bits per heavy atom. The van der Waals surface area contributed by atoms with Gasteiger partial charge in [-0.1, -0.05) is 50.6 Å². The summed E-state index contributed by atoms with van der Waals surface area (Å²) < 4.78 is 0. The molecule has 0 bridgehead atoms.